The number of carbonyl (C=O) groups is 6. The molecule has 0 unspecified atom stereocenters. The van der Waals surface area contributed by atoms with Crippen molar-refractivity contribution in [2.24, 2.45) is 139 Å². The van der Waals surface area contributed by atoms with Gasteiger partial charge in [-0.15, -0.1) is 15.3 Å². The molecule has 12 fully saturated rings. The van der Waals surface area contributed by atoms with Crippen LogP contribution in [-0.2, 0) is 53.0 Å². The third-order valence-corrected chi connectivity index (χ3v) is 42.3. The lowest BCUT2D eigenvalue weighted by Crippen LogP contribution is -2.62. The second-order valence-electron chi connectivity index (χ2n) is 44.9. The van der Waals surface area contributed by atoms with E-state index in [1.54, 1.807) is 72.8 Å². The summed E-state index contributed by atoms with van der Waals surface area (Å²) in [6, 6.07) is 18.9. The molecule has 3 heterocycles. The van der Waals surface area contributed by atoms with Crippen LogP contribution in [-0.4, -0.2) is 163 Å². The van der Waals surface area contributed by atoms with E-state index in [0.717, 1.165) is 96.3 Å². The Morgan fingerprint density at radius 2 is 0.634 bits per heavy atom. The average Bonchev–Trinajstić information content (AvgIpc) is 1.60. The number of rotatable bonds is 27. The monoisotopic (exact) mass is 1820 g/mol. The number of esters is 3. The van der Waals surface area contributed by atoms with Crippen LogP contribution in [0.4, 0.5) is 0 Å². The Hall–Kier alpha value is -8.11. The minimum atomic E-state index is -3.92. The summed E-state index contributed by atoms with van der Waals surface area (Å²) in [5.41, 5.74) is 0.351. The Balaban J connectivity index is 0.524. The first kappa shape index (κ1) is 93.3. The molecule has 3 aromatic heterocycles. The molecule has 12 aliphatic carbocycles. The van der Waals surface area contributed by atoms with Gasteiger partial charge < -0.3 is 64.7 Å². The highest BCUT2D eigenvalue weighted by molar-refractivity contribution is 7.85. The zero-order valence-electron chi connectivity index (χ0n) is 77.5. The third-order valence-electron chi connectivity index (χ3n) is 39.3. The van der Waals surface area contributed by atoms with Crippen molar-refractivity contribution in [3.63, 3.8) is 0 Å². The van der Waals surface area contributed by atoms with Crippen LogP contribution in [0.2, 0.25) is 0 Å². The first-order chi connectivity index (χ1) is 62.4. The summed E-state index contributed by atoms with van der Waals surface area (Å²) in [5.74, 6) is -1.90. The summed E-state index contributed by atoms with van der Waals surface area (Å²) in [7, 11) is -3.92. The fourth-order valence-corrected chi connectivity index (χ4v) is 34.6. The maximum atomic E-state index is 16.4. The van der Waals surface area contributed by atoms with Crippen LogP contribution in [0, 0.1) is 139 Å². The molecule has 12 saturated carbocycles. The minimum absolute atomic E-state index is 0.0148. The average molecular weight is 1830 g/mol. The number of ether oxygens (including phenoxy) is 3. The van der Waals surface area contributed by atoms with Gasteiger partial charge in [0.1, 0.15) is 36.9 Å². The lowest BCUT2D eigenvalue weighted by molar-refractivity contribution is -0.204. The molecule has 18 rings (SSSR count). The van der Waals surface area contributed by atoms with Gasteiger partial charge in [-0.2, -0.15) is 0 Å². The van der Waals surface area contributed by atoms with Crippen LogP contribution in [0.3, 0.4) is 0 Å². The van der Waals surface area contributed by atoms with Crippen molar-refractivity contribution in [2.45, 2.75) is 310 Å². The molecule has 12 aliphatic rings. The van der Waals surface area contributed by atoms with Crippen molar-refractivity contribution in [2.75, 3.05) is 0 Å². The Kier molecular flexibility index (Phi) is 25.5. The van der Waals surface area contributed by atoms with Crippen molar-refractivity contribution in [1.29, 1.82) is 0 Å². The number of fused-ring (bicyclic) bond motifs is 15. The Labute approximate surface area is 767 Å². The molecule has 28 nitrogen and oxygen atoms in total. The van der Waals surface area contributed by atoms with Gasteiger partial charge in [0.05, 0.1) is 90.0 Å². The van der Waals surface area contributed by atoms with E-state index in [9.17, 15) is 74.7 Å². The molecule has 0 bridgehead atoms. The third kappa shape index (κ3) is 16.3. The number of carboxylic acids is 3. The maximum absolute atomic E-state index is 16.4. The topological polar surface area (TPSA) is 421 Å². The molecule has 29 heteroatoms. The van der Waals surface area contributed by atoms with Crippen LogP contribution in [0.1, 0.15) is 302 Å². The fraction of sp³-hybridized carbons (Fsp3) is 0.706. The van der Waals surface area contributed by atoms with Crippen LogP contribution in [0.5, 0.6) is 0 Å². The first-order valence-corrected chi connectivity index (χ1v) is 51.0. The zero-order chi connectivity index (χ0) is 92.7. The second-order valence-corrected chi connectivity index (χ2v) is 47.6. The largest absolute Gasteiger partial charge is 0.481 e. The summed E-state index contributed by atoms with van der Waals surface area (Å²) < 4.78 is 39.6. The van der Waals surface area contributed by atoms with Crippen LogP contribution in [0.25, 0.3) is 0 Å². The highest BCUT2D eigenvalue weighted by Gasteiger charge is 2.70. The molecule has 0 amide bonds. The van der Waals surface area contributed by atoms with E-state index in [0.29, 0.717) is 90.8 Å². The molecule has 3 aromatic carbocycles. The van der Waals surface area contributed by atoms with Crippen molar-refractivity contribution in [3.05, 3.63) is 125 Å². The van der Waals surface area contributed by atoms with E-state index < -0.39 is 95.8 Å². The number of nitrogens with zero attached hydrogens (tertiary/aromatic N) is 9. The number of benzene rings is 3. The molecule has 0 saturated heterocycles. The quantitative estimate of drug-likeness (QED) is 0.0131. The van der Waals surface area contributed by atoms with Crippen molar-refractivity contribution >= 4 is 58.9 Å². The van der Waals surface area contributed by atoms with Crippen LogP contribution >= 0.6 is 7.14 Å². The Morgan fingerprint density at radius 3 is 0.885 bits per heavy atom. The predicted octanol–water partition coefficient (Wildman–Crippen LogP) is 14.1. The number of carboxylic acid groups (broad SMARTS) is 3. The SMILES string of the molecule is C[C@H](CCC(=O)O)[C@H]1CC[C@H]2[C@@H]3[C@H](O)C[C@@H]4C[C@H](n5cc(COC(=O)c6ccc(P(=O)(c7ccc(C(=O)OCc8cn([C@@H]9CC[C@@]%10(C)[C@@H](C9)C[C@@H](O)[C@@H]9[C@@H]%10C[C@H](O)[C@]%10(C)[C@@H]([C@H](C)CCC(=O)O)CC[C@@H]9%10)nn8)cc7)c7ccc(C(=O)OCc8cn([C@@H]9CC[C@@]%10(C)[C@@H](C9)C[C@@H](O)[C@@H]9[C@@H]%10C[C@H](O)[C@]%10(C)[C@@H]([C@H](C)CCC(=O)O)CC[C@@H]9%10)nn8)cc7)cc6)nn5)CC[C@]4(C)[C@H]3C[C@H](O)[C@]12C. The van der Waals surface area contributed by atoms with Crippen molar-refractivity contribution in [3.8, 4) is 0 Å². The van der Waals surface area contributed by atoms with Crippen molar-refractivity contribution in [1.82, 2.24) is 45.0 Å². The standard InChI is InChI=1S/C102H138N9O19P/c1-55(10-31-88(118)119)73-25-28-76-91-79(46-85(115)100(73,76)7)97(4)37-34-67(40-61(97)43-82(91)112)109-49-64(103-106-109)52-128-94(124)58-13-19-70(20-14-58)131(127,71-21-15-59(16-22-71)95(125)129-53-65-50-110(107-104-65)68-35-38-98(5)62(41-68)44-83(113)92-77-29-26-74(56(2)11-32-89(120)121)101(77,8)86(116)47-80(92)98)72-23-17-60(18-24-72)96(126)130-54-66-51-111(108-105-66)69-36-39-99(6)63(42-69)45-84(114)93-78-30-27-75(57(3)12-33-90(122)123)102(78,9)87(117)48-81(93)99/h13-24,49-51,55-57,61-63,67-69,73-87,91-93,112-117H,10-12,25-48,52-54H2,1-9H3,(H,118,119)(H,120,121)(H,122,123)/t55-,56-,57-,61+,62+,63+,67-,68-,69-,73-,74-,75-,76+,77+,78+,79+,80+,81+,82-,83-,84-,85+,86+,87+,91+,92+,93+,97+,98+,99+,100-,101-,102-/m1/s1. The molecule has 0 aliphatic heterocycles. The number of carbonyl (C=O) groups excluding carboxylic acids is 3. The number of aliphatic hydroxyl groups excluding tert-OH is 6. The molecule has 0 radical (unpaired) electrons. The Bertz CT molecular complexity index is 4760. The molecule has 131 heavy (non-hydrogen) atoms. The highest BCUT2D eigenvalue weighted by Crippen LogP contribution is 2.73. The Morgan fingerprint density at radius 1 is 0.374 bits per heavy atom. The highest BCUT2D eigenvalue weighted by atomic mass is 31.2. The summed E-state index contributed by atoms with van der Waals surface area (Å²) in [6.07, 6.45) is 20.9. The molecule has 0 spiro atoms. The van der Waals surface area contributed by atoms with Crippen LogP contribution < -0.4 is 15.9 Å². The van der Waals surface area contributed by atoms with Gasteiger partial charge in [0, 0.05) is 35.2 Å². The van der Waals surface area contributed by atoms with Crippen LogP contribution in [0.15, 0.2) is 91.4 Å². The molecular weight excluding hydrogens is 1690 g/mol. The lowest BCUT2D eigenvalue weighted by atomic mass is 9.43. The van der Waals surface area contributed by atoms with Gasteiger partial charge in [0.25, 0.3) is 0 Å². The summed E-state index contributed by atoms with van der Waals surface area (Å²) in [6.45, 7) is 19.5. The van der Waals surface area contributed by atoms with Gasteiger partial charge >= 0.3 is 35.8 Å². The van der Waals surface area contributed by atoms with Gasteiger partial charge in [-0.1, -0.05) is 114 Å². The molecule has 33 atom stereocenters. The van der Waals surface area contributed by atoms with E-state index in [-0.39, 0.29) is 197 Å². The van der Waals surface area contributed by atoms with E-state index in [1.165, 1.54) is 0 Å². The first-order valence-electron chi connectivity index (χ1n) is 49.3. The number of aliphatic carboxylic acids is 3. The van der Waals surface area contributed by atoms with Gasteiger partial charge in [-0.3, -0.25) is 14.4 Å². The van der Waals surface area contributed by atoms with E-state index in [2.05, 4.69) is 93.2 Å². The van der Waals surface area contributed by atoms with Gasteiger partial charge in [0.15, 0.2) is 7.14 Å². The molecular formula is C102H138N9O19P. The number of aliphatic hydroxyl groups is 6. The van der Waals surface area contributed by atoms with E-state index in [4.69, 9.17) is 14.2 Å². The summed E-state index contributed by atoms with van der Waals surface area (Å²) >= 11 is 0. The summed E-state index contributed by atoms with van der Waals surface area (Å²) in [4.78, 5) is 76.9. The number of aromatic nitrogens is 9. The number of hydrogen-bond donors (Lipinski definition) is 9. The smallest absolute Gasteiger partial charge is 0.338 e. The van der Waals surface area contributed by atoms with Gasteiger partial charge in [0.2, 0.25) is 0 Å². The molecule has 9 N–H and O–H groups in total. The normalized spacial score (nSPS) is 39.3. The summed E-state index contributed by atoms with van der Waals surface area (Å²) in [5, 5.41) is 130. The fourth-order valence-electron chi connectivity index (χ4n) is 32.0. The lowest BCUT2D eigenvalue weighted by Gasteiger charge is -2.63. The van der Waals surface area contributed by atoms with E-state index in [1.807, 2.05) is 32.6 Å². The maximum Gasteiger partial charge on any atom is 0.338 e. The molecule has 6 aromatic rings. The molecule has 710 valence electrons. The van der Waals surface area contributed by atoms with Gasteiger partial charge in [-0.05, 0) is 330 Å². The van der Waals surface area contributed by atoms with Gasteiger partial charge in [-0.25, -0.2) is 28.4 Å². The number of hydrogen-bond acceptors (Lipinski definition) is 22. The zero-order valence-corrected chi connectivity index (χ0v) is 78.4. The second kappa shape index (κ2) is 35.9. The minimum Gasteiger partial charge on any atom is -0.481 e. The van der Waals surface area contributed by atoms with E-state index >= 15 is 4.57 Å². The van der Waals surface area contributed by atoms with Crippen molar-refractivity contribution < 1.29 is 93.5 Å². The predicted molar refractivity (Wildman–Crippen MR) is 482 cm³/mol.